The average Bonchev–Trinajstić information content (AvgIpc) is 3.38. The van der Waals surface area contributed by atoms with E-state index in [2.05, 4.69) is 61.2 Å². The van der Waals surface area contributed by atoms with Crippen LogP contribution in [0.2, 0.25) is 0 Å². The zero-order valence-corrected chi connectivity index (χ0v) is 15.8. The zero-order valence-electron chi connectivity index (χ0n) is 15.8. The maximum atomic E-state index is 4.61. The third-order valence-electron chi connectivity index (χ3n) is 5.94. The van der Waals surface area contributed by atoms with Gasteiger partial charge in [0.25, 0.3) is 0 Å². The molecule has 3 heterocycles. The van der Waals surface area contributed by atoms with Gasteiger partial charge in [-0.05, 0) is 43.2 Å². The van der Waals surface area contributed by atoms with Crippen molar-refractivity contribution in [3.8, 4) is 0 Å². The quantitative estimate of drug-likeness (QED) is 0.713. The molecule has 3 aromatic rings. The van der Waals surface area contributed by atoms with Crippen LogP contribution in [-0.4, -0.2) is 36.3 Å². The third-order valence-corrected chi connectivity index (χ3v) is 5.94. The van der Waals surface area contributed by atoms with Crippen LogP contribution in [0, 0.1) is 0 Å². The Balaban J connectivity index is 1.41. The maximum absolute atomic E-state index is 4.61. The highest BCUT2D eigenvalue weighted by molar-refractivity contribution is 5.37. The van der Waals surface area contributed by atoms with Crippen LogP contribution in [0.4, 0.5) is 5.95 Å². The SMILES string of the molecule is CCn1c(CC2CCc3ccccc32)nnc1N1CCCn2nncc2C1. The molecule has 0 fully saturated rings. The Kier molecular flexibility index (Phi) is 4.14. The number of hydrogen-bond acceptors (Lipinski definition) is 5. The van der Waals surface area contributed by atoms with E-state index in [1.807, 2.05) is 10.9 Å². The first kappa shape index (κ1) is 16.5. The van der Waals surface area contributed by atoms with Gasteiger partial charge in [-0.25, -0.2) is 4.68 Å². The summed E-state index contributed by atoms with van der Waals surface area (Å²) in [7, 11) is 0. The van der Waals surface area contributed by atoms with E-state index in [9.17, 15) is 0 Å². The van der Waals surface area contributed by atoms with Gasteiger partial charge in [0, 0.05) is 26.1 Å². The van der Waals surface area contributed by atoms with Crippen LogP contribution in [0.25, 0.3) is 0 Å². The molecule has 27 heavy (non-hydrogen) atoms. The van der Waals surface area contributed by atoms with E-state index in [1.54, 1.807) is 0 Å². The molecular formula is C20H25N7. The van der Waals surface area contributed by atoms with Crippen molar-refractivity contribution >= 4 is 5.95 Å². The van der Waals surface area contributed by atoms with Gasteiger partial charge in [-0.3, -0.25) is 4.57 Å². The Hall–Kier alpha value is -2.70. The summed E-state index contributed by atoms with van der Waals surface area (Å²) in [6.45, 7) is 5.74. The molecule has 1 unspecified atom stereocenters. The monoisotopic (exact) mass is 363 g/mol. The summed E-state index contributed by atoms with van der Waals surface area (Å²) in [5.74, 6) is 2.64. The molecule has 0 spiro atoms. The van der Waals surface area contributed by atoms with E-state index in [4.69, 9.17) is 0 Å². The lowest BCUT2D eigenvalue weighted by molar-refractivity contribution is 0.568. The molecule has 1 aromatic carbocycles. The van der Waals surface area contributed by atoms with Crippen LogP contribution in [0.15, 0.2) is 30.5 Å². The second-order valence-corrected chi connectivity index (χ2v) is 7.52. The Morgan fingerprint density at radius 3 is 3.00 bits per heavy atom. The number of aromatic nitrogens is 6. The van der Waals surface area contributed by atoms with E-state index in [0.717, 1.165) is 56.5 Å². The molecule has 7 nitrogen and oxygen atoms in total. The van der Waals surface area contributed by atoms with Crippen LogP contribution in [0.5, 0.6) is 0 Å². The van der Waals surface area contributed by atoms with Gasteiger partial charge >= 0.3 is 0 Å². The standard InChI is InChI=1S/C20H25N7/c1-2-26-19(12-16-9-8-15-6-3-4-7-18(15)16)22-23-20(26)25-10-5-11-27-17(14-25)13-21-24-27/h3-4,6-7,13,16H,2,5,8-12,14H2,1H3. The number of benzene rings is 1. The first-order valence-electron chi connectivity index (χ1n) is 9.95. The van der Waals surface area contributed by atoms with Crippen molar-refractivity contribution in [2.75, 3.05) is 11.4 Å². The lowest BCUT2D eigenvalue weighted by Gasteiger charge is -2.22. The minimum Gasteiger partial charge on any atom is -0.335 e. The summed E-state index contributed by atoms with van der Waals surface area (Å²) >= 11 is 0. The molecule has 2 aromatic heterocycles. The number of hydrogen-bond donors (Lipinski definition) is 0. The van der Waals surface area contributed by atoms with Crippen LogP contribution >= 0.6 is 0 Å². The number of fused-ring (bicyclic) bond motifs is 2. The Bertz CT molecular complexity index is 941. The van der Waals surface area contributed by atoms with E-state index in [1.165, 1.54) is 24.0 Å². The van der Waals surface area contributed by atoms with Crippen LogP contribution in [-0.2, 0) is 32.5 Å². The Labute approximate surface area is 159 Å². The molecule has 0 saturated carbocycles. The highest BCUT2D eigenvalue weighted by Crippen LogP contribution is 2.35. The number of nitrogens with zero attached hydrogens (tertiary/aromatic N) is 7. The van der Waals surface area contributed by atoms with E-state index >= 15 is 0 Å². The van der Waals surface area contributed by atoms with Gasteiger partial charge in [-0.15, -0.1) is 15.3 Å². The van der Waals surface area contributed by atoms with Crippen LogP contribution < -0.4 is 4.90 Å². The summed E-state index contributed by atoms with van der Waals surface area (Å²) in [6.07, 6.45) is 6.25. The summed E-state index contributed by atoms with van der Waals surface area (Å²) in [5, 5.41) is 17.4. The van der Waals surface area contributed by atoms with Gasteiger partial charge < -0.3 is 4.90 Å². The fourth-order valence-electron chi connectivity index (χ4n) is 4.56. The topological polar surface area (TPSA) is 64.7 Å². The first-order valence-corrected chi connectivity index (χ1v) is 9.95. The summed E-state index contributed by atoms with van der Waals surface area (Å²) in [4.78, 5) is 2.32. The Morgan fingerprint density at radius 2 is 2.07 bits per heavy atom. The molecule has 0 bridgehead atoms. The molecule has 0 amide bonds. The highest BCUT2D eigenvalue weighted by atomic mass is 15.5. The van der Waals surface area contributed by atoms with Crippen molar-refractivity contribution in [3.63, 3.8) is 0 Å². The van der Waals surface area contributed by atoms with Crippen molar-refractivity contribution in [1.29, 1.82) is 0 Å². The number of anilines is 1. The minimum absolute atomic E-state index is 0.554. The molecule has 2 aliphatic rings. The van der Waals surface area contributed by atoms with Gasteiger partial charge in [-0.2, -0.15) is 0 Å². The molecular weight excluding hydrogens is 338 g/mol. The van der Waals surface area contributed by atoms with Crippen molar-refractivity contribution < 1.29 is 0 Å². The largest absolute Gasteiger partial charge is 0.335 e. The van der Waals surface area contributed by atoms with Crippen LogP contribution in [0.1, 0.15) is 48.3 Å². The molecule has 0 radical (unpaired) electrons. The summed E-state index contributed by atoms with van der Waals surface area (Å²) in [6, 6.07) is 8.84. The second-order valence-electron chi connectivity index (χ2n) is 7.52. The van der Waals surface area contributed by atoms with E-state index in [-0.39, 0.29) is 0 Å². The smallest absolute Gasteiger partial charge is 0.227 e. The Morgan fingerprint density at radius 1 is 1.15 bits per heavy atom. The lowest BCUT2D eigenvalue weighted by atomic mass is 9.97. The molecule has 140 valence electrons. The van der Waals surface area contributed by atoms with Crippen molar-refractivity contribution in [2.45, 2.75) is 58.2 Å². The van der Waals surface area contributed by atoms with Crippen molar-refractivity contribution in [3.05, 3.63) is 53.1 Å². The normalized spacial score (nSPS) is 19.0. The molecule has 0 saturated heterocycles. The van der Waals surface area contributed by atoms with Gasteiger partial charge in [0.05, 0.1) is 18.4 Å². The van der Waals surface area contributed by atoms with E-state index < -0.39 is 0 Å². The van der Waals surface area contributed by atoms with Gasteiger partial charge in [-0.1, -0.05) is 29.5 Å². The molecule has 0 N–H and O–H groups in total. The average molecular weight is 363 g/mol. The highest BCUT2D eigenvalue weighted by Gasteiger charge is 2.26. The maximum Gasteiger partial charge on any atom is 0.227 e. The molecule has 1 aliphatic heterocycles. The summed E-state index contributed by atoms with van der Waals surface area (Å²) in [5.41, 5.74) is 4.14. The van der Waals surface area contributed by atoms with Gasteiger partial charge in [0.1, 0.15) is 5.82 Å². The molecule has 1 atom stereocenters. The lowest BCUT2D eigenvalue weighted by Crippen LogP contribution is -2.26. The molecule has 7 heteroatoms. The zero-order chi connectivity index (χ0) is 18.2. The first-order chi connectivity index (χ1) is 13.3. The van der Waals surface area contributed by atoms with Gasteiger partial charge in [0.2, 0.25) is 5.95 Å². The van der Waals surface area contributed by atoms with E-state index in [0.29, 0.717) is 5.92 Å². The second kappa shape index (κ2) is 6.79. The van der Waals surface area contributed by atoms with Gasteiger partial charge in [0.15, 0.2) is 0 Å². The molecule has 5 rings (SSSR count). The third kappa shape index (κ3) is 2.91. The number of rotatable bonds is 4. The predicted octanol–water partition coefficient (Wildman–Crippen LogP) is 2.57. The van der Waals surface area contributed by atoms with Crippen molar-refractivity contribution in [1.82, 2.24) is 29.8 Å². The number of aryl methyl sites for hydroxylation is 2. The van der Waals surface area contributed by atoms with Crippen LogP contribution in [0.3, 0.4) is 0 Å². The fraction of sp³-hybridized carbons (Fsp3) is 0.500. The molecule has 1 aliphatic carbocycles. The minimum atomic E-state index is 0.554. The fourth-order valence-corrected chi connectivity index (χ4v) is 4.56. The summed E-state index contributed by atoms with van der Waals surface area (Å²) < 4.78 is 4.30. The van der Waals surface area contributed by atoms with Crippen molar-refractivity contribution in [2.24, 2.45) is 0 Å². The predicted molar refractivity (Wildman–Crippen MR) is 103 cm³/mol.